The third-order valence-electron chi connectivity index (χ3n) is 10.8. The Balaban J connectivity index is 1.42. The number of nitrogens with one attached hydrogen (secondary N) is 1. The molecule has 0 saturated carbocycles. The average Bonchev–Trinajstić information content (AvgIpc) is 3.27. The maximum absolute atomic E-state index is 12.9. The Morgan fingerprint density at radius 2 is 1.79 bits per heavy atom. The Hall–Kier alpha value is -4.04. The van der Waals surface area contributed by atoms with Crippen LogP contribution in [0.4, 0.5) is 0 Å². The number of hydrogen-bond acceptors (Lipinski definition) is 4. The van der Waals surface area contributed by atoms with Crippen LogP contribution in [-0.2, 0) is 15.0 Å². The van der Waals surface area contributed by atoms with Gasteiger partial charge in [0.1, 0.15) is 0 Å². The van der Waals surface area contributed by atoms with Crippen LogP contribution in [0.15, 0.2) is 137 Å². The van der Waals surface area contributed by atoms with E-state index in [-0.39, 0.29) is 15.5 Å². The molecule has 8 rings (SSSR count). The number of aromatic nitrogens is 1. The van der Waals surface area contributed by atoms with E-state index in [0.717, 1.165) is 41.4 Å². The zero-order chi connectivity index (χ0) is 32.2. The third-order valence-corrected chi connectivity index (χ3v) is 11.3. The number of nitrogens with zero attached hydrogens (tertiary/aromatic N) is 1. The molecule has 4 aliphatic carbocycles. The Labute approximate surface area is 290 Å². The number of halogens is 1. The van der Waals surface area contributed by atoms with E-state index >= 15 is 0 Å². The first-order valence-corrected chi connectivity index (χ1v) is 17.8. The predicted octanol–water partition coefficient (Wildman–Crippen LogP) is 8.05. The highest BCUT2D eigenvalue weighted by Crippen LogP contribution is 2.64. The number of rotatable bonds is 8. The van der Waals surface area contributed by atoms with Gasteiger partial charge >= 0.3 is 0 Å². The van der Waals surface area contributed by atoms with E-state index in [1.54, 1.807) is 7.85 Å². The molecule has 1 aromatic heterocycles. The second-order valence-electron chi connectivity index (χ2n) is 13.5. The van der Waals surface area contributed by atoms with Crippen molar-refractivity contribution in [2.24, 2.45) is 5.41 Å². The lowest BCUT2D eigenvalue weighted by atomic mass is 9.58. The molecule has 3 aromatic rings. The van der Waals surface area contributed by atoms with Gasteiger partial charge in [-0.3, -0.25) is 4.79 Å². The molecule has 47 heavy (non-hydrogen) atoms. The van der Waals surface area contributed by atoms with Gasteiger partial charge in [0.2, 0.25) is 0 Å². The highest BCUT2D eigenvalue weighted by Gasteiger charge is 2.55. The van der Waals surface area contributed by atoms with Crippen LogP contribution in [-0.4, -0.2) is 28.3 Å². The van der Waals surface area contributed by atoms with Crippen molar-refractivity contribution in [1.29, 1.82) is 0 Å². The van der Waals surface area contributed by atoms with Crippen LogP contribution in [0, 0.1) is 5.41 Å². The number of para-hydroxylation sites is 1. The quantitative estimate of drug-likeness (QED) is 0.111. The van der Waals surface area contributed by atoms with Gasteiger partial charge in [0, 0.05) is 39.5 Å². The second kappa shape index (κ2) is 11.9. The van der Waals surface area contributed by atoms with Crippen molar-refractivity contribution in [2.75, 3.05) is 0 Å². The molecule has 4 nitrogen and oxygen atoms in total. The average molecular weight is 726 g/mol. The van der Waals surface area contributed by atoms with Crippen LogP contribution in [0.5, 0.6) is 0 Å². The molecule has 0 spiro atoms. The molecule has 2 aromatic carbocycles. The first-order valence-electron chi connectivity index (χ1n) is 16.7. The van der Waals surface area contributed by atoms with Gasteiger partial charge in [-0.15, -0.1) is 0 Å². The largest absolute Gasteiger partial charge is 0.374 e. The number of pyridine rings is 1. The summed E-state index contributed by atoms with van der Waals surface area (Å²) in [6.07, 6.45) is 25.2. The Morgan fingerprint density at radius 3 is 2.66 bits per heavy atom. The van der Waals surface area contributed by atoms with Crippen LogP contribution < -0.4 is 5.32 Å². The number of allylic oxidation sites excluding steroid dienone is 9. The molecule has 5 aliphatic rings. The zero-order valence-corrected chi connectivity index (χ0v) is 28.7. The van der Waals surface area contributed by atoms with Crippen LogP contribution in [0.3, 0.4) is 0 Å². The van der Waals surface area contributed by atoms with E-state index in [0.29, 0.717) is 25.7 Å². The highest BCUT2D eigenvalue weighted by molar-refractivity contribution is 14.1. The Bertz CT molecular complexity index is 2080. The van der Waals surface area contributed by atoms with Gasteiger partial charge in [-0.05, 0) is 101 Å². The predicted molar refractivity (Wildman–Crippen MR) is 201 cm³/mol. The molecule has 0 fully saturated rings. The maximum Gasteiger partial charge on any atom is 0.192 e. The number of carbonyl (C=O) groups is 2. The first-order chi connectivity index (χ1) is 22.9. The summed E-state index contributed by atoms with van der Waals surface area (Å²) in [5.74, 6) is 0. The number of benzene rings is 2. The molecular formula is C41H36BIN2O2. The van der Waals surface area contributed by atoms with Crippen molar-refractivity contribution >= 4 is 50.8 Å². The van der Waals surface area contributed by atoms with Crippen molar-refractivity contribution in [2.45, 2.75) is 56.4 Å². The topological polar surface area (TPSA) is 59.1 Å². The van der Waals surface area contributed by atoms with Crippen LogP contribution in [0.2, 0.25) is 0 Å². The summed E-state index contributed by atoms with van der Waals surface area (Å²) in [5, 5.41) is 5.06. The van der Waals surface area contributed by atoms with Gasteiger partial charge in [-0.1, -0.05) is 97.1 Å². The smallest absolute Gasteiger partial charge is 0.192 e. The summed E-state index contributed by atoms with van der Waals surface area (Å²) < 4.78 is 0.165. The van der Waals surface area contributed by atoms with Gasteiger partial charge in [0.15, 0.2) is 11.6 Å². The highest BCUT2D eigenvalue weighted by atomic mass is 127. The lowest BCUT2D eigenvalue weighted by Gasteiger charge is -2.44. The minimum Gasteiger partial charge on any atom is -0.374 e. The third kappa shape index (κ3) is 4.98. The molecule has 2 heterocycles. The number of hydrogen-bond donors (Lipinski definition) is 1. The van der Waals surface area contributed by atoms with Crippen LogP contribution in [0.25, 0.3) is 22.2 Å². The molecular weight excluding hydrogens is 690 g/mol. The van der Waals surface area contributed by atoms with Crippen molar-refractivity contribution < 1.29 is 9.59 Å². The van der Waals surface area contributed by atoms with Gasteiger partial charge in [0.25, 0.3) is 0 Å². The Kier molecular flexibility index (Phi) is 7.67. The molecule has 0 saturated heterocycles. The van der Waals surface area contributed by atoms with Crippen molar-refractivity contribution in [3.8, 4) is 11.3 Å². The molecule has 1 aliphatic heterocycles. The summed E-state index contributed by atoms with van der Waals surface area (Å²) in [7, 11) is 1.71. The molecule has 0 radical (unpaired) electrons. The van der Waals surface area contributed by atoms with E-state index in [1.165, 1.54) is 39.1 Å². The summed E-state index contributed by atoms with van der Waals surface area (Å²) >= 11 is 1.97. The molecule has 0 amide bonds. The molecule has 3 atom stereocenters. The van der Waals surface area contributed by atoms with E-state index < -0.39 is 10.8 Å². The minimum atomic E-state index is -0.494. The standard InChI is InChI=1S/C41H36BIN2O2/c42-36(46)19-21-40(31-16-9-8-14-29(31)39-32(40)24-27-12-7-10-18-35(27)45-39)25-41(22-20-37(43)47)30-15-5-2-4-13-28(30)38-33(41)23-26-11-3-1-6-17-34(26)44-38/h2-4,6-18,23-24,34,44H,1,5,19-22,25,42H2. The Morgan fingerprint density at radius 1 is 0.957 bits per heavy atom. The minimum absolute atomic E-state index is 0.0964. The summed E-state index contributed by atoms with van der Waals surface area (Å²) in [6, 6.07) is 19.5. The van der Waals surface area contributed by atoms with E-state index in [2.05, 4.69) is 109 Å². The fourth-order valence-corrected chi connectivity index (χ4v) is 9.02. The van der Waals surface area contributed by atoms with E-state index in [9.17, 15) is 9.59 Å². The fraction of sp³-hybridized carbons (Fsp3) is 0.244. The van der Waals surface area contributed by atoms with Crippen LogP contribution >= 0.6 is 22.6 Å². The molecule has 3 unspecified atom stereocenters. The van der Waals surface area contributed by atoms with E-state index in [1.807, 2.05) is 28.7 Å². The maximum atomic E-state index is 12.9. The zero-order valence-electron chi connectivity index (χ0n) is 26.6. The van der Waals surface area contributed by atoms with Crippen molar-refractivity contribution in [1.82, 2.24) is 10.3 Å². The fourth-order valence-electron chi connectivity index (χ4n) is 8.75. The van der Waals surface area contributed by atoms with Gasteiger partial charge in [-0.2, -0.15) is 0 Å². The lowest BCUT2D eigenvalue weighted by Crippen LogP contribution is -2.38. The van der Waals surface area contributed by atoms with Gasteiger partial charge in [0.05, 0.1) is 22.9 Å². The summed E-state index contributed by atoms with van der Waals surface area (Å²) in [4.78, 5) is 31.1. The van der Waals surface area contributed by atoms with Crippen molar-refractivity contribution in [3.63, 3.8) is 0 Å². The van der Waals surface area contributed by atoms with Crippen LogP contribution in [0.1, 0.15) is 56.1 Å². The molecule has 1 N–H and O–H groups in total. The number of fused-ring (bicyclic) bond motifs is 7. The SMILES string of the molecule is BC(=O)CCC1(CC2(CCC(=O)I)C3=CCC=CC=C3C3=C2C=C2C=CCC=CC2N3)c2ccccc2-c2nc3ccccc3cc21. The van der Waals surface area contributed by atoms with E-state index in [4.69, 9.17) is 4.98 Å². The molecule has 6 heteroatoms. The summed E-state index contributed by atoms with van der Waals surface area (Å²) in [6.45, 7) is 0. The summed E-state index contributed by atoms with van der Waals surface area (Å²) in [5.41, 5.74) is 11.0. The van der Waals surface area contributed by atoms with Gasteiger partial charge < -0.3 is 10.1 Å². The number of dihydropyridines is 1. The molecule has 0 bridgehead atoms. The molecule has 232 valence electrons. The number of carbonyl (C=O) groups excluding carboxylic acids is 2. The normalized spacial score (nSPS) is 25.0. The van der Waals surface area contributed by atoms with Crippen molar-refractivity contribution in [3.05, 3.63) is 148 Å². The lowest BCUT2D eigenvalue weighted by molar-refractivity contribution is -0.112. The first kappa shape index (κ1) is 30.3. The monoisotopic (exact) mass is 726 g/mol. The van der Waals surface area contributed by atoms with Gasteiger partial charge in [-0.25, -0.2) is 4.98 Å². The second-order valence-corrected chi connectivity index (χ2v) is 14.7.